The van der Waals surface area contributed by atoms with Crippen molar-refractivity contribution >= 4 is 11.6 Å². The molecule has 2 aromatic carbocycles. The van der Waals surface area contributed by atoms with E-state index in [2.05, 4.69) is 38.1 Å². The maximum atomic E-state index is 6.33. The van der Waals surface area contributed by atoms with Crippen LogP contribution in [0.25, 0.3) is 0 Å². The third kappa shape index (κ3) is 3.62. The minimum atomic E-state index is -0.170. The number of nitrogens with two attached hydrogens (primary N) is 1. The summed E-state index contributed by atoms with van der Waals surface area (Å²) < 4.78 is 0. The molecule has 106 valence electrons. The lowest BCUT2D eigenvalue weighted by Crippen LogP contribution is -2.12. The van der Waals surface area contributed by atoms with Gasteiger partial charge in [0.05, 0.1) is 6.04 Å². The maximum Gasteiger partial charge on any atom is 0.0566 e. The number of rotatable bonds is 4. The molecule has 0 aromatic heterocycles. The molecule has 2 aromatic rings. The Morgan fingerprint density at radius 3 is 2.25 bits per heavy atom. The van der Waals surface area contributed by atoms with Gasteiger partial charge in [-0.25, -0.2) is 0 Å². The molecule has 2 heteroatoms. The van der Waals surface area contributed by atoms with E-state index in [9.17, 15) is 0 Å². The van der Waals surface area contributed by atoms with Gasteiger partial charge in [-0.3, -0.25) is 0 Å². The van der Waals surface area contributed by atoms with Crippen molar-refractivity contribution in [2.24, 2.45) is 11.7 Å². The lowest BCUT2D eigenvalue weighted by molar-refractivity contribution is 0.647. The second-order valence-corrected chi connectivity index (χ2v) is 6.25. The van der Waals surface area contributed by atoms with Crippen LogP contribution >= 0.6 is 11.6 Å². The van der Waals surface area contributed by atoms with Gasteiger partial charge < -0.3 is 5.73 Å². The van der Waals surface area contributed by atoms with Crippen LogP contribution in [0.15, 0.2) is 42.5 Å². The van der Waals surface area contributed by atoms with Gasteiger partial charge in [0, 0.05) is 5.02 Å². The van der Waals surface area contributed by atoms with E-state index >= 15 is 0 Å². The highest BCUT2D eigenvalue weighted by molar-refractivity contribution is 6.31. The van der Waals surface area contributed by atoms with E-state index in [1.807, 2.05) is 25.1 Å². The Morgan fingerprint density at radius 2 is 1.70 bits per heavy atom. The van der Waals surface area contributed by atoms with Crippen LogP contribution in [-0.4, -0.2) is 0 Å². The summed E-state index contributed by atoms with van der Waals surface area (Å²) in [5.41, 5.74) is 10.9. The number of benzene rings is 2. The van der Waals surface area contributed by atoms with E-state index in [1.165, 1.54) is 5.56 Å². The summed E-state index contributed by atoms with van der Waals surface area (Å²) in [5, 5.41) is 0.740. The summed E-state index contributed by atoms with van der Waals surface area (Å²) in [6.45, 7) is 6.49. The molecule has 0 spiro atoms. The first-order chi connectivity index (χ1) is 9.47. The monoisotopic (exact) mass is 287 g/mol. The Hall–Kier alpha value is -1.31. The number of hydrogen-bond donors (Lipinski definition) is 1. The summed E-state index contributed by atoms with van der Waals surface area (Å²) in [4.78, 5) is 0. The zero-order chi connectivity index (χ0) is 14.7. The standard InChI is InChI=1S/C18H22ClN/c1-12(2)10-14-5-7-15(8-6-14)18(20)16-9-4-13(3)11-17(16)19/h4-9,11-12,18H,10,20H2,1-3H3. The molecular formula is C18H22ClN. The number of aryl methyl sites for hydroxylation is 1. The molecule has 2 N–H and O–H groups in total. The third-order valence-corrected chi connectivity index (χ3v) is 3.80. The van der Waals surface area contributed by atoms with E-state index in [1.54, 1.807) is 0 Å². The molecule has 0 aliphatic carbocycles. The van der Waals surface area contributed by atoms with Crippen LogP contribution in [0.1, 0.15) is 42.1 Å². The van der Waals surface area contributed by atoms with Crippen molar-refractivity contribution in [1.29, 1.82) is 0 Å². The van der Waals surface area contributed by atoms with Gasteiger partial charge >= 0.3 is 0 Å². The van der Waals surface area contributed by atoms with Crippen LogP contribution in [-0.2, 0) is 6.42 Å². The minimum absolute atomic E-state index is 0.170. The van der Waals surface area contributed by atoms with E-state index in [0.29, 0.717) is 5.92 Å². The Bertz CT molecular complexity index is 572. The molecule has 0 aliphatic rings. The average molecular weight is 288 g/mol. The van der Waals surface area contributed by atoms with Crippen molar-refractivity contribution in [2.45, 2.75) is 33.2 Å². The van der Waals surface area contributed by atoms with Crippen molar-refractivity contribution in [3.63, 3.8) is 0 Å². The number of hydrogen-bond acceptors (Lipinski definition) is 1. The fourth-order valence-electron chi connectivity index (χ4n) is 2.40. The van der Waals surface area contributed by atoms with E-state index in [4.69, 9.17) is 17.3 Å². The second kappa shape index (κ2) is 6.43. The molecule has 0 radical (unpaired) electrons. The van der Waals surface area contributed by atoms with Crippen molar-refractivity contribution in [3.05, 3.63) is 69.7 Å². The summed E-state index contributed by atoms with van der Waals surface area (Å²) >= 11 is 6.29. The zero-order valence-corrected chi connectivity index (χ0v) is 13.1. The molecule has 0 amide bonds. The summed E-state index contributed by atoms with van der Waals surface area (Å²) in [6.07, 6.45) is 1.10. The number of halogens is 1. The van der Waals surface area contributed by atoms with Crippen LogP contribution in [0, 0.1) is 12.8 Å². The summed E-state index contributed by atoms with van der Waals surface area (Å²) in [5.74, 6) is 0.668. The molecular weight excluding hydrogens is 266 g/mol. The predicted octanol–water partition coefficient (Wildman–Crippen LogP) is 4.90. The predicted molar refractivity (Wildman–Crippen MR) is 87.2 cm³/mol. The smallest absolute Gasteiger partial charge is 0.0566 e. The van der Waals surface area contributed by atoms with Crippen LogP contribution in [0.5, 0.6) is 0 Å². The summed E-state index contributed by atoms with van der Waals surface area (Å²) in [7, 11) is 0. The molecule has 0 aliphatic heterocycles. The van der Waals surface area contributed by atoms with Gasteiger partial charge in [-0.05, 0) is 47.6 Å². The summed E-state index contributed by atoms with van der Waals surface area (Å²) in [6, 6.07) is 14.4. The molecule has 1 nitrogen and oxygen atoms in total. The van der Waals surface area contributed by atoms with Gasteiger partial charge in [-0.15, -0.1) is 0 Å². The molecule has 0 heterocycles. The highest BCUT2D eigenvalue weighted by Gasteiger charge is 2.12. The van der Waals surface area contributed by atoms with Crippen LogP contribution in [0.4, 0.5) is 0 Å². The Kier molecular flexibility index (Phi) is 4.85. The lowest BCUT2D eigenvalue weighted by Gasteiger charge is -2.15. The molecule has 0 bridgehead atoms. The average Bonchev–Trinajstić information content (AvgIpc) is 2.38. The molecule has 0 fully saturated rings. The van der Waals surface area contributed by atoms with E-state index < -0.39 is 0 Å². The Morgan fingerprint density at radius 1 is 1.05 bits per heavy atom. The Balaban J connectivity index is 2.22. The van der Waals surface area contributed by atoms with Crippen molar-refractivity contribution in [1.82, 2.24) is 0 Å². The van der Waals surface area contributed by atoms with Crippen molar-refractivity contribution in [2.75, 3.05) is 0 Å². The molecule has 0 saturated carbocycles. The van der Waals surface area contributed by atoms with E-state index in [0.717, 1.165) is 28.1 Å². The van der Waals surface area contributed by atoms with Crippen molar-refractivity contribution in [3.8, 4) is 0 Å². The molecule has 20 heavy (non-hydrogen) atoms. The normalized spacial score (nSPS) is 12.7. The first-order valence-corrected chi connectivity index (χ1v) is 7.45. The van der Waals surface area contributed by atoms with Crippen LogP contribution < -0.4 is 5.73 Å². The van der Waals surface area contributed by atoms with Crippen LogP contribution in [0.3, 0.4) is 0 Å². The van der Waals surface area contributed by atoms with Gasteiger partial charge in [0.25, 0.3) is 0 Å². The highest BCUT2D eigenvalue weighted by Crippen LogP contribution is 2.27. The third-order valence-electron chi connectivity index (χ3n) is 3.47. The fraction of sp³-hybridized carbons (Fsp3) is 0.333. The second-order valence-electron chi connectivity index (χ2n) is 5.84. The quantitative estimate of drug-likeness (QED) is 0.851. The van der Waals surface area contributed by atoms with E-state index in [-0.39, 0.29) is 6.04 Å². The first-order valence-electron chi connectivity index (χ1n) is 7.08. The van der Waals surface area contributed by atoms with Gasteiger partial charge in [-0.2, -0.15) is 0 Å². The largest absolute Gasteiger partial charge is 0.320 e. The fourth-order valence-corrected chi connectivity index (χ4v) is 2.75. The SMILES string of the molecule is Cc1ccc(C(N)c2ccc(CC(C)C)cc2)c(Cl)c1. The zero-order valence-electron chi connectivity index (χ0n) is 12.4. The molecule has 0 saturated heterocycles. The molecule has 2 rings (SSSR count). The lowest BCUT2D eigenvalue weighted by atomic mass is 9.96. The highest BCUT2D eigenvalue weighted by atomic mass is 35.5. The maximum absolute atomic E-state index is 6.33. The molecule has 1 atom stereocenters. The topological polar surface area (TPSA) is 26.0 Å². The Labute approximate surface area is 126 Å². The van der Waals surface area contributed by atoms with Crippen LogP contribution in [0.2, 0.25) is 5.02 Å². The van der Waals surface area contributed by atoms with Gasteiger partial charge in [0.2, 0.25) is 0 Å². The van der Waals surface area contributed by atoms with Gasteiger partial charge in [-0.1, -0.05) is 61.8 Å². The van der Waals surface area contributed by atoms with Crippen molar-refractivity contribution < 1.29 is 0 Å². The molecule has 1 unspecified atom stereocenters. The van der Waals surface area contributed by atoms with Gasteiger partial charge in [0.1, 0.15) is 0 Å². The minimum Gasteiger partial charge on any atom is -0.320 e. The first kappa shape index (κ1) is 15.1. The van der Waals surface area contributed by atoms with Gasteiger partial charge in [0.15, 0.2) is 0 Å².